The third kappa shape index (κ3) is 4.66. The zero-order chi connectivity index (χ0) is 15.9. The molecule has 1 aliphatic heterocycles. The summed E-state index contributed by atoms with van der Waals surface area (Å²) in [6.45, 7) is 3.16. The van der Waals surface area contributed by atoms with Crippen LogP contribution in [0.2, 0.25) is 0 Å². The van der Waals surface area contributed by atoms with Crippen LogP contribution in [-0.4, -0.2) is 52.6 Å². The minimum atomic E-state index is -0.855. The van der Waals surface area contributed by atoms with Gasteiger partial charge in [0.15, 0.2) is 0 Å². The molecule has 1 aromatic rings. The van der Waals surface area contributed by atoms with Crippen LogP contribution in [0, 0.1) is 0 Å². The zero-order valence-corrected chi connectivity index (χ0v) is 13.5. The Morgan fingerprint density at radius 1 is 1.36 bits per heavy atom. The van der Waals surface area contributed by atoms with Crippen LogP contribution in [-0.2, 0) is 16.0 Å². The van der Waals surface area contributed by atoms with Gasteiger partial charge in [0.1, 0.15) is 5.75 Å². The molecule has 5 nitrogen and oxygen atoms in total. The normalized spacial score (nSPS) is 18.0. The lowest BCUT2D eigenvalue weighted by molar-refractivity contribution is -0.140. The fraction of sp³-hybridized carbons (Fsp3) is 0.500. The van der Waals surface area contributed by atoms with E-state index in [2.05, 4.69) is 0 Å². The molecule has 1 atom stereocenters. The van der Waals surface area contributed by atoms with Crippen molar-refractivity contribution >= 4 is 23.6 Å². The number of carboxylic acids is 1. The largest absolute Gasteiger partial charge is 0.494 e. The van der Waals surface area contributed by atoms with Gasteiger partial charge in [-0.05, 0) is 24.6 Å². The lowest BCUT2D eigenvalue weighted by atomic mass is 10.1. The lowest BCUT2D eigenvalue weighted by Crippen LogP contribution is -2.47. The second-order valence-electron chi connectivity index (χ2n) is 5.17. The van der Waals surface area contributed by atoms with E-state index in [1.54, 1.807) is 16.7 Å². The fourth-order valence-electron chi connectivity index (χ4n) is 2.50. The Labute approximate surface area is 134 Å². The number of ether oxygens (including phenoxy) is 1. The van der Waals surface area contributed by atoms with Crippen LogP contribution in [0.5, 0.6) is 5.75 Å². The highest BCUT2D eigenvalue weighted by molar-refractivity contribution is 7.99. The van der Waals surface area contributed by atoms with E-state index in [4.69, 9.17) is 9.84 Å². The molecular weight excluding hydrogens is 302 g/mol. The Hall–Kier alpha value is -1.69. The zero-order valence-electron chi connectivity index (χ0n) is 12.7. The number of amides is 1. The molecule has 0 radical (unpaired) electrons. The summed E-state index contributed by atoms with van der Waals surface area (Å²) in [6.07, 6.45) is 0.315. The van der Waals surface area contributed by atoms with E-state index in [9.17, 15) is 9.59 Å². The van der Waals surface area contributed by atoms with Crippen LogP contribution in [0.1, 0.15) is 18.9 Å². The van der Waals surface area contributed by atoms with Gasteiger partial charge in [-0.25, -0.2) is 0 Å². The molecule has 0 spiro atoms. The molecule has 22 heavy (non-hydrogen) atoms. The van der Waals surface area contributed by atoms with Gasteiger partial charge in [-0.2, -0.15) is 11.8 Å². The molecule has 6 heteroatoms. The number of carboxylic acid groups (broad SMARTS) is 1. The Bertz CT molecular complexity index is 517. The van der Waals surface area contributed by atoms with E-state index in [0.717, 1.165) is 17.1 Å². The molecule has 0 saturated carbocycles. The first kappa shape index (κ1) is 16.7. The second kappa shape index (κ2) is 8.08. The van der Waals surface area contributed by atoms with Crippen molar-refractivity contribution in [3.63, 3.8) is 0 Å². The fourth-order valence-corrected chi connectivity index (χ4v) is 3.56. The molecule has 1 fully saturated rings. The molecule has 1 aliphatic rings. The molecule has 1 amide bonds. The summed E-state index contributed by atoms with van der Waals surface area (Å²) in [5.74, 6) is 1.49. The number of thioether (sulfide) groups is 1. The van der Waals surface area contributed by atoms with Crippen molar-refractivity contribution in [2.75, 3.05) is 24.7 Å². The van der Waals surface area contributed by atoms with Crippen molar-refractivity contribution in [1.82, 2.24) is 4.90 Å². The quantitative estimate of drug-likeness (QED) is 0.868. The topological polar surface area (TPSA) is 66.8 Å². The van der Waals surface area contributed by atoms with Gasteiger partial charge in [0.2, 0.25) is 5.91 Å². The van der Waals surface area contributed by atoms with Gasteiger partial charge in [-0.1, -0.05) is 12.1 Å². The van der Waals surface area contributed by atoms with Crippen molar-refractivity contribution < 1.29 is 19.4 Å². The Morgan fingerprint density at radius 2 is 2.09 bits per heavy atom. The van der Waals surface area contributed by atoms with Crippen LogP contribution in [0.25, 0.3) is 0 Å². The number of carbonyl (C=O) groups excluding carboxylic acids is 1. The molecule has 0 aliphatic carbocycles. The van der Waals surface area contributed by atoms with Crippen molar-refractivity contribution in [2.45, 2.75) is 25.8 Å². The smallest absolute Gasteiger partial charge is 0.305 e. The van der Waals surface area contributed by atoms with Crippen LogP contribution in [0.15, 0.2) is 24.3 Å². The van der Waals surface area contributed by atoms with Crippen LogP contribution >= 0.6 is 11.8 Å². The first-order chi connectivity index (χ1) is 10.6. The Balaban J connectivity index is 1.98. The van der Waals surface area contributed by atoms with Crippen molar-refractivity contribution in [3.8, 4) is 5.75 Å². The number of nitrogens with zero attached hydrogens (tertiary/aromatic N) is 1. The van der Waals surface area contributed by atoms with Crippen molar-refractivity contribution in [1.29, 1.82) is 0 Å². The van der Waals surface area contributed by atoms with E-state index in [-0.39, 0.29) is 18.4 Å². The molecule has 2 rings (SSSR count). The number of carbonyl (C=O) groups is 2. The monoisotopic (exact) mass is 323 g/mol. The number of benzene rings is 1. The maximum atomic E-state index is 12.5. The summed E-state index contributed by atoms with van der Waals surface area (Å²) < 4.78 is 5.38. The van der Waals surface area contributed by atoms with Gasteiger partial charge in [-0.15, -0.1) is 0 Å². The SMILES string of the molecule is CCOc1ccc(CC(=O)N2CCSCC2CC(=O)O)cc1. The third-order valence-corrected chi connectivity index (χ3v) is 4.64. The second-order valence-corrected chi connectivity index (χ2v) is 6.32. The van der Waals surface area contributed by atoms with Crippen molar-refractivity contribution in [2.24, 2.45) is 0 Å². The molecule has 1 heterocycles. The number of hydrogen-bond donors (Lipinski definition) is 1. The van der Waals surface area contributed by atoms with Gasteiger partial charge < -0.3 is 14.7 Å². The van der Waals surface area contributed by atoms with Gasteiger partial charge in [0.25, 0.3) is 0 Å². The van der Waals surface area contributed by atoms with Gasteiger partial charge in [0.05, 0.1) is 25.5 Å². The molecule has 1 saturated heterocycles. The molecule has 1 aromatic carbocycles. The molecular formula is C16H21NO4S. The minimum absolute atomic E-state index is 0.00397. The highest BCUT2D eigenvalue weighted by atomic mass is 32.2. The lowest BCUT2D eigenvalue weighted by Gasteiger charge is -2.34. The highest BCUT2D eigenvalue weighted by Gasteiger charge is 2.28. The first-order valence-electron chi connectivity index (χ1n) is 7.41. The summed E-state index contributed by atoms with van der Waals surface area (Å²) in [4.78, 5) is 25.1. The van der Waals surface area contributed by atoms with Crippen LogP contribution in [0.3, 0.4) is 0 Å². The third-order valence-electron chi connectivity index (χ3n) is 3.55. The Morgan fingerprint density at radius 3 is 2.73 bits per heavy atom. The number of hydrogen-bond acceptors (Lipinski definition) is 4. The number of aliphatic carboxylic acids is 1. The predicted octanol–water partition coefficient (Wildman–Crippen LogP) is 2.05. The van der Waals surface area contributed by atoms with E-state index in [1.807, 2.05) is 31.2 Å². The summed E-state index contributed by atoms with van der Waals surface area (Å²) in [5, 5.41) is 8.97. The predicted molar refractivity (Wildman–Crippen MR) is 86.4 cm³/mol. The minimum Gasteiger partial charge on any atom is -0.494 e. The first-order valence-corrected chi connectivity index (χ1v) is 8.56. The standard InChI is InChI=1S/C16H21NO4S/c1-2-21-14-5-3-12(4-6-14)9-15(18)17-7-8-22-11-13(17)10-16(19)20/h3-6,13H,2,7-11H2,1H3,(H,19,20). The van der Waals surface area contributed by atoms with E-state index in [0.29, 0.717) is 25.3 Å². The maximum Gasteiger partial charge on any atom is 0.305 e. The summed E-state index contributed by atoms with van der Waals surface area (Å²) in [5.41, 5.74) is 0.917. The number of rotatable bonds is 6. The highest BCUT2D eigenvalue weighted by Crippen LogP contribution is 2.21. The summed E-state index contributed by atoms with van der Waals surface area (Å²) in [6, 6.07) is 7.27. The molecule has 1 N–H and O–H groups in total. The van der Waals surface area contributed by atoms with Gasteiger partial charge in [-0.3, -0.25) is 9.59 Å². The summed E-state index contributed by atoms with van der Waals surface area (Å²) in [7, 11) is 0. The van der Waals surface area contributed by atoms with Gasteiger partial charge in [0, 0.05) is 18.1 Å². The van der Waals surface area contributed by atoms with E-state index in [1.165, 1.54) is 0 Å². The maximum absolute atomic E-state index is 12.5. The molecule has 1 unspecified atom stereocenters. The molecule has 0 bridgehead atoms. The van der Waals surface area contributed by atoms with Crippen molar-refractivity contribution in [3.05, 3.63) is 29.8 Å². The molecule has 120 valence electrons. The Kier molecular flexibility index (Phi) is 6.12. The van der Waals surface area contributed by atoms with E-state index < -0.39 is 5.97 Å². The van der Waals surface area contributed by atoms with Crippen LogP contribution < -0.4 is 4.74 Å². The van der Waals surface area contributed by atoms with Gasteiger partial charge >= 0.3 is 5.97 Å². The summed E-state index contributed by atoms with van der Waals surface area (Å²) >= 11 is 1.71. The molecule has 0 aromatic heterocycles. The van der Waals surface area contributed by atoms with Crippen LogP contribution in [0.4, 0.5) is 0 Å². The van der Waals surface area contributed by atoms with E-state index >= 15 is 0 Å². The average Bonchev–Trinajstić information content (AvgIpc) is 2.49. The average molecular weight is 323 g/mol.